The molecule has 0 unspecified atom stereocenters. The number of imidazole rings is 1. The maximum absolute atomic E-state index is 13.9. The van der Waals surface area contributed by atoms with Crippen molar-refractivity contribution in [2.45, 2.75) is 18.7 Å². The quantitative estimate of drug-likeness (QED) is 0.748. The topological polar surface area (TPSA) is 94.8 Å². The van der Waals surface area contributed by atoms with Crippen molar-refractivity contribution in [3.8, 4) is 5.82 Å². The summed E-state index contributed by atoms with van der Waals surface area (Å²) in [6.45, 7) is 1.34. The molecule has 132 valence electrons. The lowest BCUT2D eigenvalue weighted by molar-refractivity contribution is -0.251. The van der Waals surface area contributed by atoms with Gasteiger partial charge < -0.3 is 15.4 Å². The lowest BCUT2D eigenvalue weighted by Crippen LogP contribution is -2.46. The monoisotopic (exact) mass is 352 g/mol. The first-order valence-electron chi connectivity index (χ1n) is 7.21. The van der Waals surface area contributed by atoms with Crippen molar-refractivity contribution in [1.82, 2.24) is 24.3 Å². The van der Waals surface area contributed by atoms with Crippen LogP contribution in [-0.2, 0) is 12.6 Å². The molecule has 0 amide bonds. The number of aliphatic hydroxyl groups is 1. The zero-order chi connectivity index (χ0) is 18.4. The van der Waals surface area contributed by atoms with Gasteiger partial charge in [0.1, 0.15) is 5.82 Å². The summed E-state index contributed by atoms with van der Waals surface area (Å²) in [5.41, 5.74) is 1.88. The van der Waals surface area contributed by atoms with Crippen LogP contribution in [0.25, 0.3) is 5.82 Å². The molecule has 25 heavy (non-hydrogen) atoms. The van der Waals surface area contributed by atoms with E-state index in [0.717, 1.165) is 9.25 Å². The number of aromatic nitrogens is 5. The van der Waals surface area contributed by atoms with Crippen LogP contribution < -0.4 is 5.73 Å². The minimum atomic E-state index is -5.07. The van der Waals surface area contributed by atoms with E-state index in [1.165, 1.54) is 32.6 Å². The molecule has 10 heteroatoms. The summed E-state index contributed by atoms with van der Waals surface area (Å²) in [5, 5.41) is 14.8. The third-order valence-corrected chi connectivity index (χ3v) is 3.88. The molecule has 0 aliphatic heterocycles. The Bertz CT molecular complexity index is 902. The number of pyridine rings is 1. The van der Waals surface area contributed by atoms with Gasteiger partial charge in [-0.05, 0) is 19.1 Å². The molecule has 0 aliphatic rings. The van der Waals surface area contributed by atoms with Crippen LogP contribution >= 0.6 is 0 Å². The van der Waals surface area contributed by atoms with Crippen molar-refractivity contribution in [2.24, 2.45) is 7.05 Å². The number of nitrogens with two attached hydrogens (primary N) is 1. The van der Waals surface area contributed by atoms with E-state index < -0.39 is 23.2 Å². The van der Waals surface area contributed by atoms with E-state index in [0.29, 0.717) is 0 Å². The summed E-state index contributed by atoms with van der Waals surface area (Å²) < 4.78 is 43.8. The Hall–Kier alpha value is -2.88. The van der Waals surface area contributed by atoms with Crippen LogP contribution in [0.2, 0.25) is 0 Å². The van der Waals surface area contributed by atoms with Gasteiger partial charge in [-0.25, -0.2) is 9.97 Å². The van der Waals surface area contributed by atoms with Crippen molar-refractivity contribution in [3.63, 3.8) is 0 Å². The van der Waals surface area contributed by atoms with Crippen LogP contribution in [0, 0.1) is 6.92 Å². The number of alkyl halides is 3. The summed E-state index contributed by atoms with van der Waals surface area (Å²) in [4.78, 5) is 7.71. The van der Waals surface area contributed by atoms with E-state index in [1.807, 2.05) is 0 Å². The molecule has 0 spiro atoms. The van der Waals surface area contributed by atoms with Crippen molar-refractivity contribution >= 4 is 5.82 Å². The number of anilines is 1. The SMILES string of the molecule is Cc1nn(-c2ccccn2)c(N)c1[C@](O)(c1nccn1C)C(F)(F)F. The standard InChI is InChI=1S/C15H15F3N6O/c1-9-11(12(19)24(22-9)10-5-3-4-6-20-10)14(25,15(16,17)18)13-21-7-8-23(13)2/h3-8,25H,19H2,1-2H3/t14-/m0/s1. The van der Waals surface area contributed by atoms with Gasteiger partial charge in [-0.1, -0.05) is 6.07 Å². The van der Waals surface area contributed by atoms with Crippen molar-refractivity contribution < 1.29 is 18.3 Å². The van der Waals surface area contributed by atoms with Crippen molar-refractivity contribution in [2.75, 3.05) is 5.73 Å². The second-order valence-corrected chi connectivity index (χ2v) is 5.52. The predicted octanol–water partition coefficient (Wildman–Crippen LogP) is 1.69. The van der Waals surface area contributed by atoms with Crippen LogP contribution in [0.3, 0.4) is 0 Å². The molecule has 0 saturated carbocycles. The number of rotatable bonds is 3. The van der Waals surface area contributed by atoms with Crippen LogP contribution in [-0.4, -0.2) is 35.6 Å². The molecule has 3 aromatic rings. The molecular formula is C15H15F3N6O. The zero-order valence-corrected chi connectivity index (χ0v) is 13.4. The molecule has 0 fully saturated rings. The number of hydrogen-bond donors (Lipinski definition) is 2. The first-order chi connectivity index (χ1) is 11.7. The van der Waals surface area contributed by atoms with Gasteiger partial charge in [0.2, 0.25) is 5.60 Å². The van der Waals surface area contributed by atoms with Gasteiger partial charge in [-0.2, -0.15) is 23.0 Å². The summed E-state index contributed by atoms with van der Waals surface area (Å²) in [6, 6.07) is 4.84. The first kappa shape index (κ1) is 17.0. The van der Waals surface area contributed by atoms with Crippen LogP contribution in [0.1, 0.15) is 17.1 Å². The Labute approximate surface area is 140 Å². The second-order valence-electron chi connectivity index (χ2n) is 5.52. The highest BCUT2D eigenvalue weighted by atomic mass is 19.4. The molecule has 0 aliphatic carbocycles. The van der Waals surface area contributed by atoms with Crippen molar-refractivity contribution in [1.29, 1.82) is 0 Å². The minimum Gasteiger partial charge on any atom is -0.383 e. The van der Waals surface area contributed by atoms with Gasteiger partial charge in [-0.15, -0.1) is 0 Å². The molecule has 3 rings (SSSR count). The second kappa shape index (κ2) is 5.59. The van der Waals surface area contributed by atoms with Gasteiger partial charge >= 0.3 is 6.18 Å². The summed E-state index contributed by atoms with van der Waals surface area (Å²) >= 11 is 0. The van der Waals surface area contributed by atoms with E-state index >= 15 is 0 Å². The fourth-order valence-electron chi connectivity index (χ4n) is 2.74. The Balaban J connectivity index is 2.30. The van der Waals surface area contributed by atoms with Gasteiger partial charge in [0.25, 0.3) is 0 Å². The summed E-state index contributed by atoms with van der Waals surface area (Å²) in [6.07, 6.45) is -1.13. The molecule has 0 saturated heterocycles. The fraction of sp³-hybridized carbons (Fsp3) is 0.267. The largest absolute Gasteiger partial charge is 0.429 e. The van der Waals surface area contributed by atoms with Gasteiger partial charge in [-0.3, -0.25) is 0 Å². The number of aryl methyl sites for hydroxylation is 2. The number of hydrogen-bond acceptors (Lipinski definition) is 5. The van der Waals surface area contributed by atoms with Crippen LogP contribution in [0.5, 0.6) is 0 Å². The Morgan fingerprint density at radius 1 is 1.16 bits per heavy atom. The highest BCUT2D eigenvalue weighted by Gasteiger charge is 2.61. The molecular weight excluding hydrogens is 337 g/mol. The number of nitrogens with zero attached hydrogens (tertiary/aromatic N) is 5. The lowest BCUT2D eigenvalue weighted by Gasteiger charge is -2.30. The number of halogens is 3. The Morgan fingerprint density at radius 3 is 2.40 bits per heavy atom. The molecule has 3 N–H and O–H groups in total. The first-order valence-corrected chi connectivity index (χ1v) is 7.21. The normalized spacial score (nSPS) is 14.5. The third kappa shape index (κ3) is 2.45. The van der Waals surface area contributed by atoms with E-state index in [-0.39, 0.29) is 17.3 Å². The van der Waals surface area contributed by atoms with Gasteiger partial charge in [0.05, 0.1) is 11.3 Å². The lowest BCUT2D eigenvalue weighted by atomic mass is 9.91. The summed E-state index contributed by atoms with van der Waals surface area (Å²) in [7, 11) is 1.35. The zero-order valence-electron chi connectivity index (χ0n) is 13.4. The van der Waals surface area contributed by atoms with Crippen LogP contribution in [0.15, 0.2) is 36.8 Å². The molecule has 3 heterocycles. The predicted molar refractivity (Wildman–Crippen MR) is 82.8 cm³/mol. The number of nitrogen functional groups attached to an aromatic ring is 1. The fourth-order valence-corrected chi connectivity index (χ4v) is 2.74. The highest BCUT2D eigenvalue weighted by molar-refractivity contribution is 5.54. The van der Waals surface area contributed by atoms with E-state index in [2.05, 4.69) is 15.1 Å². The molecule has 1 atom stereocenters. The van der Waals surface area contributed by atoms with Crippen LogP contribution in [0.4, 0.5) is 19.0 Å². The molecule has 0 aromatic carbocycles. The molecule has 7 nitrogen and oxygen atoms in total. The minimum absolute atomic E-state index is 0.0778. The van der Waals surface area contributed by atoms with E-state index in [4.69, 9.17) is 5.73 Å². The maximum Gasteiger partial charge on any atom is 0.429 e. The summed E-state index contributed by atoms with van der Waals surface area (Å²) in [5.74, 6) is -0.729. The third-order valence-electron chi connectivity index (χ3n) is 3.88. The average molecular weight is 352 g/mol. The molecule has 3 aromatic heterocycles. The maximum atomic E-state index is 13.9. The Morgan fingerprint density at radius 2 is 1.88 bits per heavy atom. The molecule has 0 radical (unpaired) electrons. The average Bonchev–Trinajstić information content (AvgIpc) is 3.10. The van der Waals surface area contributed by atoms with Gasteiger partial charge in [0, 0.05) is 25.6 Å². The Kier molecular flexibility index (Phi) is 3.79. The van der Waals surface area contributed by atoms with Crippen molar-refractivity contribution in [3.05, 3.63) is 53.9 Å². The highest BCUT2D eigenvalue weighted by Crippen LogP contribution is 2.46. The molecule has 0 bridgehead atoms. The van der Waals surface area contributed by atoms with E-state index in [1.54, 1.807) is 18.2 Å². The smallest absolute Gasteiger partial charge is 0.383 e. The van der Waals surface area contributed by atoms with E-state index in [9.17, 15) is 18.3 Å². The van der Waals surface area contributed by atoms with Gasteiger partial charge in [0.15, 0.2) is 11.6 Å².